The zero-order valence-electron chi connectivity index (χ0n) is 7.84. The molecular formula is C9H14BrNO2. The molecule has 0 aliphatic rings. The Balaban J connectivity index is 2.24. The number of halogens is 1. The standard InChI is InChI=1S/C9H14BrNO2/c1-7(12-2)5-11-6-9-8(10)3-4-13-9/h3-4,7,11H,5-6H2,1-2H3. The Morgan fingerprint density at radius 3 is 3.00 bits per heavy atom. The van der Waals surface area contributed by atoms with E-state index in [4.69, 9.17) is 9.15 Å². The molecule has 0 spiro atoms. The molecule has 0 fully saturated rings. The van der Waals surface area contributed by atoms with E-state index in [1.54, 1.807) is 13.4 Å². The lowest BCUT2D eigenvalue weighted by Gasteiger charge is -2.09. The van der Waals surface area contributed by atoms with Crippen LogP contribution in [0.4, 0.5) is 0 Å². The zero-order valence-corrected chi connectivity index (χ0v) is 9.43. The van der Waals surface area contributed by atoms with Crippen molar-refractivity contribution in [2.75, 3.05) is 13.7 Å². The minimum Gasteiger partial charge on any atom is -0.467 e. The number of furan rings is 1. The fraction of sp³-hybridized carbons (Fsp3) is 0.556. The van der Waals surface area contributed by atoms with Gasteiger partial charge in [-0.25, -0.2) is 0 Å². The van der Waals surface area contributed by atoms with Gasteiger partial charge in [0.15, 0.2) is 0 Å². The van der Waals surface area contributed by atoms with E-state index >= 15 is 0 Å². The van der Waals surface area contributed by atoms with Crippen molar-refractivity contribution >= 4 is 15.9 Å². The largest absolute Gasteiger partial charge is 0.467 e. The topological polar surface area (TPSA) is 34.4 Å². The molecule has 0 saturated carbocycles. The number of ether oxygens (including phenoxy) is 1. The van der Waals surface area contributed by atoms with Crippen LogP contribution < -0.4 is 5.32 Å². The summed E-state index contributed by atoms with van der Waals surface area (Å²) in [6, 6.07) is 1.89. The molecule has 1 rings (SSSR count). The quantitative estimate of drug-likeness (QED) is 0.867. The van der Waals surface area contributed by atoms with Crippen molar-refractivity contribution in [3.63, 3.8) is 0 Å². The van der Waals surface area contributed by atoms with E-state index in [1.807, 2.05) is 13.0 Å². The highest BCUT2D eigenvalue weighted by atomic mass is 79.9. The highest BCUT2D eigenvalue weighted by Crippen LogP contribution is 2.16. The summed E-state index contributed by atoms with van der Waals surface area (Å²) in [4.78, 5) is 0. The van der Waals surface area contributed by atoms with Crippen LogP contribution in [0.3, 0.4) is 0 Å². The number of nitrogens with one attached hydrogen (secondary N) is 1. The first-order valence-electron chi connectivity index (χ1n) is 4.19. The SMILES string of the molecule is COC(C)CNCc1occc1Br. The molecular weight excluding hydrogens is 234 g/mol. The first-order valence-corrected chi connectivity index (χ1v) is 4.98. The Morgan fingerprint density at radius 2 is 2.46 bits per heavy atom. The van der Waals surface area contributed by atoms with Gasteiger partial charge in [0.1, 0.15) is 5.76 Å². The highest BCUT2D eigenvalue weighted by molar-refractivity contribution is 9.10. The molecule has 0 saturated heterocycles. The summed E-state index contributed by atoms with van der Waals surface area (Å²) in [6.45, 7) is 3.56. The maximum absolute atomic E-state index is 5.23. The Labute approximate surface area is 86.6 Å². The summed E-state index contributed by atoms with van der Waals surface area (Å²) < 4.78 is 11.3. The van der Waals surface area contributed by atoms with E-state index in [-0.39, 0.29) is 6.10 Å². The molecule has 1 N–H and O–H groups in total. The molecule has 1 atom stereocenters. The van der Waals surface area contributed by atoms with Crippen LogP contribution in [0.1, 0.15) is 12.7 Å². The zero-order chi connectivity index (χ0) is 9.68. The minimum absolute atomic E-state index is 0.230. The third-order valence-electron chi connectivity index (χ3n) is 1.81. The van der Waals surface area contributed by atoms with Gasteiger partial charge in [-0.15, -0.1) is 0 Å². The Hall–Kier alpha value is -0.320. The number of hydrogen-bond acceptors (Lipinski definition) is 3. The fourth-order valence-electron chi connectivity index (χ4n) is 0.924. The van der Waals surface area contributed by atoms with Gasteiger partial charge in [-0.2, -0.15) is 0 Å². The Morgan fingerprint density at radius 1 is 1.69 bits per heavy atom. The molecule has 4 heteroatoms. The lowest BCUT2D eigenvalue weighted by atomic mass is 10.4. The van der Waals surface area contributed by atoms with Gasteiger partial charge in [0.2, 0.25) is 0 Å². The van der Waals surface area contributed by atoms with Crippen LogP contribution in [0.5, 0.6) is 0 Å². The molecule has 13 heavy (non-hydrogen) atoms. The number of hydrogen-bond donors (Lipinski definition) is 1. The second-order valence-electron chi connectivity index (χ2n) is 2.87. The first kappa shape index (κ1) is 10.8. The van der Waals surface area contributed by atoms with E-state index in [1.165, 1.54) is 0 Å². The second kappa shape index (κ2) is 5.42. The van der Waals surface area contributed by atoms with Crippen molar-refractivity contribution in [3.05, 3.63) is 22.6 Å². The van der Waals surface area contributed by atoms with Crippen molar-refractivity contribution < 1.29 is 9.15 Å². The molecule has 1 aromatic rings. The Bertz CT molecular complexity index is 250. The summed E-state index contributed by atoms with van der Waals surface area (Å²) in [5.74, 6) is 0.920. The molecule has 0 amide bonds. The average Bonchev–Trinajstić information content (AvgIpc) is 2.52. The molecule has 0 aromatic carbocycles. The second-order valence-corrected chi connectivity index (χ2v) is 3.72. The number of rotatable bonds is 5. The monoisotopic (exact) mass is 247 g/mol. The molecule has 1 aromatic heterocycles. The van der Waals surface area contributed by atoms with Crippen molar-refractivity contribution in [1.82, 2.24) is 5.32 Å². The lowest BCUT2D eigenvalue weighted by Crippen LogP contribution is -2.25. The van der Waals surface area contributed by atoms with Crippen molar-refractivity contribution in [1.29, 1.82) is 0 Å². The average molecular weight is 248 g/mol. The molecule has 1 unspecified atom stereocenters. The smallest absolute Gasteiger partial charge is 0.131 e. The molecule has 0 aliphatic heterocycles. The van der Waals surface area contributed by atoms with Crippen molar-refractivity contribution in [2.45, 2.75) is 19.6 Å². The van der Waals surface area contributed by atoms with Crippen LogP contribution in [0.15, 0.2) is 21.2 Å². The first-order chi connectivity index (χ1) is 6.24. The molecule has 0 radical (unpaired) electrons. The molecule has 3 nitrogen and oxygen atoms in total. The van der Waals surface area contributed by atoms with E-state index in [2.05, 4.69) is 21.2 Å². The van der Waals surface area contributed by atoms with Gasteiger partial charge in [0, 0.05) is 13.7 Å². The van der Waals surface area contributed by atoms with Crippen LogP contribution >= 0.6 is 15.9 Å². The van der Waals surface area contributed by atoms with E-state index in [0.29, 0.717) is 0 Å². The minimum atomic E-state index is 0.230. The maximum Gasteiger partial charge on any atom is 0.131 e. The molecule has 74 valence electrons. The van der Waals surface area contributed by atoms with Crippen molar-refractivity contribution in [3.8, 4) is 0 Å². The summed E-state index contributed by atoms with van der Waals surface area (Å²) in [6.07, 6.45) is 1.90. The van der Waals surface area contributed by atoms with Gasteiger partial charge < -0.3 is 14.5 Å². The van der Waals surface area contributed by atoms with Gasteiger partial charge in [-0.3, -0.25) is 0 Å². The predicted molar refractivity (Wildman–Crippen MR) is 54.6 cm³/mol. The summed E-state index contributed by atoms with van der Waals surface area (Å²) in [5, 5.41) is 3.23. The van der Waals surface area contributed by atoms with E-state index in [0.717, 1.165) is 23.3 Å². The fourth-order valence-corrected chi connectivity index (χ4v) is 1.27. The Kier molecular flexibility index (Phi) is 4.48. The van der Waals surface area contributed by atoms with E-state index < -0.39 is 0 Å². The predicted octanol–water partition coefficient (Wildman–Crippen LogP) is 2.17. The van der Waals surface area contributed by atoms with Crippen LogP contribution in [0.25, 0.3) is 0 Å². The summed E-state index contributed by atoms with van der Waals surface area (Å²) in [7, 11) is 1.70. The van der Waals surface area contributed by atoms with Crippen LogP contribution in [0, 0.1) is 0 Å². The van der Waals surface area contributed by atoms with E-state index in [9.17, 15) is 0 Å². The van der Waals surface area contributed by atoms with Crippen LogP contribution in [-0.2, 0) is 11.3 Å². The van der Waals surface area contributed by atoms with Crippen molar-refractivity contribution in [2.24, 2.45) is 0 Å². The third kappa shape index (κ3) is 3.50. The highest BCUT2D eigenvalue weighted by Gasteiger charge is 2.03. The van der Waals surface area contributed by atoms with Gasteiger partial charge in [-0.1, -0.05) is 0 Å². The maximum atomic E-state index is 5.23. The van der Waals surface area contributed by atoms with Gasteiger partial charge in [0.25, 0.3) is 0 Å². The normalized spacial score (nSPS) is 13.2. The molecule has 0 aliphatic carbocycles. The van der Waals surface area contributed by atoms with Gasteiger partial charge in [-0.05, 0) is 28.9 Å². The van der Waals surface area contributed by atoms with Crippen LogP contribution in [-0.4, -0.2) is 19.8 Å². The van der Waals surface area contributed by atoms with Gasteiger partial charge in [0.05, 0.1) is 23.4 Å². The number of methoxy groups -OCH3 is 1. The van der Waals surface area contributed by atoms with Gasteiger partial charge >= 0.3 is 0 Å². The molecule has 1 heterocycles. The third-order valence-corrected chi connectivity index (χ3v) is 2.52. The summed E-state index contributed by atoms with van der Waals surface area (Å²) >= 11 is 3.39. The summed E-state index contributed by atoms with van der Waals surface area (Å²) in [5.41, 5.74) is 0. The van der Waals surface area contributed by atoms with Crippen LogP contribution in [0.2, 0.25) is 0 Å². The molecule has 0 bridgehead atoms. The lowest BCUT2D eigenvalue weighted by molar-refractivity contribution is 0.116.